The Balaban J connectivity index is 1.85. The summed E-state index contributed by atoms with van der Waals surface area (Å²) in [6, 6.07) is 23.6. The van der Waals surface area contributed by atoms with Crippen molar-refractivity contribution in [2.24, 2.45) is 0 Å². The molecule has 1 saturated carbocycles. The Morgan fingerprint density at radius 2 is 1.08 bits per heavy atom. The molecule has 4 heteroatoms. The van der Waals surface area contributed by atoms with E-state index in [4.69, 9.17) is 4.52 Å². The molecule has 0 spiro atoms. The minimum absolute atomic E-state index is 0.0420. The van der Waals surface area contributed by atoms with Crippen molar-refractivity contribution in [1.82, 2.24) is 0 Å². The highest BCUT2D eigenvalue weighted by atomic mass is 31.2. The first kappa shape index (κ1) is 38.9. The Morgan fingerprint density at radius 1 is 0.600 bits per heavy atom. The van der Waals surface area contributed by atoms with Crippen molar-refractivity contribution in [3.05, 3.63) is 94.0 Å². The van der Waals surface area contributed by atoms with E-state index in [-0.39, 0.29) is 27.6 Å². The van der Waals surface area contributed by atoms with Crippen LogP contribution in [0.4, 0.5) is 0 Å². The van der Waals surface area contributed by atoms with Gasteiger partial charge in [-0.15, -0.1) is 0 Å². The third kappa shape index (κ3) is 7.19. The van der Waals surface area contributed by atoms with E-state index in [0.29, 0.717) is 0 Å². The van der Waals surface area contributed by atoms with Gasteiger partial charge >= 0.3 is 8.60 Å². The second-order valence-corrected chi connectivity index (χ2v) is 18.6. The molecule has 2 atom stereocenters. The van der Waals surface area contributed by atoms with E-state index in [0.717, 1.165) is 56.9 Å². The van der Waals surface area contributed by atoms with Gasteiger partial charge in [-0.2, -0.15) is 0 Å². The van der Waals surface area contributed by atoms with E-state index in [1.807, 2.05) is 0 Å². The quantitative estimate of drug-likeness (QED) is 0.145. The molecule has 50 heavy (non-hydrogen) atoms. The molecule has 272 valence electrons. The van der Waals surface area contributed by atoms with Crippen LogP contribution in [-0.2, 0) is 31.8 Å². The predicted molar refractivity (Wildman–Crippen MR) is 216 cm³/mol. The monoisotopic (exact) mass is 696 g/mol. The molecule has 0 aromatic heterocycles. The highest BCUT2D eigenvalue weighted by Crippen LogP contribution is 2.59. The zero-order valence-corrected chi connectivity index (χ0v) is 34.2. The van der Waals surface area contributed by atoms with Crippen LogP contribution in [0.3, 0.4) is 0 Å². The predicted octanol–water partition coefficient (Wildman–Crippen LogP) is 13.5. The molecule has 1 fully saturated rings. The van der Waals surface area contributed by atoms with Gasteiger partial charge in [0.1, 0.15) is 5.60 Å². The maximum absolute atomic E-state index is 10.9. The van der Waals surface area contributed by atoms with E-state index in [1.165, 1.54) is 49.4 Å². The fraction of sp³-hybridized carbons (Fsp3) is 0.565. The van der Waals surface area contributed by atoms with E-state index in [2.05, 4.69) is 144 Å². The van der Waals surface area contributed by atoms with Gasteiger partial charge in [0, 0.05) is 5.92 Å². The molecule has 0 bridgehead atoms. The van der Waals surface area contributed by atoms with Gasteiger partial charge in [0.25, 0.3) is 0 Å². The average molecular weight is 697 g/mol. The van der Waals surface area contributed by atoms with Crippen molar-refractivity contribution in [2.45, 2.75) is 168 Å². The van der Waals surface area contributed by atoms with Crippen molar-refractivity contribution in [3.8, 4) is 0 Å². The van der Waals surface area contributed by atoms with Crippen molar-refractivity contribution in [1.29, 1.82) is 0 Å². The molecule has 1 aliphatic carbocycles. The maximum Gasteiger partial charge on any atom is 0.327 e. The van der Waals surface area contributed by atoms with Crippen molar-refractivity contribution < 1.29 is 14.3 Å². The summed E-state index contributed by atoms with van der Waals surface area (Å²) in [6.45, 7) is 27.8. The van der Waals surface area contributed by atoms with Crippen LogP contribution >= 0.6 is 8.60 Å². The lowest BCUT2D eigenvalue weighted by Crippen LogP contribution is -2.41. The summed E-state index contributed by atoms with van der Waals surface area (Å²) < 4.78 is 6.72. The first-order chi connectivity index (χ1) is 23.4. The van der Waals surface area contributed by atoms with Gasteiger partial charge < -0.3 is 14.3 Å². The van der Waals surface area contributed by atoms with Gasteiger partial charge in [-0.25, -0.2) is 0 Å². The van der Waals surface area contributed by atoms with Crippen LogP contribution in [0, 0.1) is 0 Å². The highest BCUT2D eigenvalue weighted by molar-refractivity contribution is 7.39. The Bertz CT molecular complexity index is 1830. The Morgan fingerprint density at radius 3 is 1.58 bits per heavy atom. The molecule has 0 amide bonds. The lowest BCUT2D eigenvalue weighted by molar-refractivity contribution is -0.00794. The summed E-state index contributed by atoms with van der Waals surface area (Å²) in [5, 5.41) is 4.94. The molecule has 0 heterocycles. The van der Waals surface area contributed by atoms with Gasteiger partial charge in [0.05, 0.1) is 0 Å². The summed E-state index contributed by atoms with van der Waals surface area (Å²) in [4.78, 5) is 21.8. The topological polar surface area (TPSA) is 49.7 Å². The van der Waals surface area contributed by atoms with E-state index in [1.54, 1.807) is 0 Å². The van der Waals surface area contributed by atoms with Crippen LogP contribution in [0.1, 0.15) is 174 Å². The zero-order chi connectivity index (χ0) is 36.9. The number of rotatable bonds is 12. The minimum Gasteiger partial charge on any atom is -0.328 e. The first-order valence-electron chi connectivity index (χ1n) is 19.4. The van der Waals surface area contributed by atoms with Gasteiger partial charge in [0.15, 0.2) is 0 Å². The molecule has 0 aliphatic heterocycles. The molecule has 4 aromatic carbocycles. The molecular formula is C46H65O3P. The van der Waals surface area contributed by atoms with Crippen LogP contribution in [0.15, 0.2) is 60.7 Å². The van der Waals surface area contributed by atoms with E-state index < -0.39 is 14.2 Å². The largest absolute Gasteiger partial charge is 0.328 e. The van der Waals surface area contributed by atoms with Crippen LogP contribution in [0.5, 0.6) is 0 Å². The Labute approximate surface area is 305 Å². The van der Waals surface area contributed by atoms with Crippen LogP contribution < -0.4 is 0 Å². The zero-order valence-electron chi connectivity index (χ0n) is 33.3. The maximum atomic E-state index is 10.9. The summed E-state index contributed by atoms with van der Waals surface area (Å²) in [7, 11) is -2.63. The minimum atomic E-state index is -2.63. The molecule has 2 N–H and O–H groups in total. The lowest BCUT2D eigenvalue weighted by atomic mass is 9.62. The van der Waals surface area contributed by atoms with E-state index >= 15 is 0 Å². The highest BCUT2D eigenvalue weighted by Gasteiger charge is 2.50. The molecule has 2 unspecified atom stereocenters. The van der Waals surface area contributed by atoms with Crippen LogP contribution in [-0.4, -0.2) is 9.79 Å². The van der Waals surface area contributed by atoms with E-state index in [9.17, 15) is 9.79 Å². The lowest BCUT2D eigenvalue weighted by Gasteiger charge is -2.48. The number of hydrogen-bond acceptors (Lipinski definition) is 3. The number of hydrogen-bond donors (Lipinski definition) is 2. The van der Waals surface area contributed by atoms with Gasteiger partial charge in [-0.05, 0) is 121 Å². The second-order valence-electron chi connectivity index (χ2n) is 17.9. The Hall–Kier alpha value is -2.29. The van der Waals surface area contributed by atoms with Gasteiger partial charge in [-0.3, -0.25) is 0 Å². The first-order valence-corrected chi connectivity index (χ1v) is 20.6. The average Bonchev–Trinajstić information content (AvgIpc) is 3.09. The third-order valence-electron chi connectivity index (χ3n) is 13.5. The number of fused-ring (bicyclic) bond motifs is 2. The standard InChI is InChI=1S/C46H65O3P/c1-13-42(5,6)35-22-20-31-27-37(39(29-33(31)25-35)44(9,10)15-3)38-19-17-18-24-46(38,49-50(47)48)41-28-32-21-23-36(43(7,8)14-2)26-34(32)30-40(41)45(11,12)16-4/h20-23,25-30,38,47-48H,13-19,24H2,1-12H3. The summed E-state index contributed by atoms with van der Waals surface area (Å²) in [5.41, 5.74) is 6.82. The molecule has 0 radical (unpaired) electrons. The summed E-state index contributed by atoms with van der Waals surface area (Å²) in [6.07, 6.45) is 7.83. The summed E-state index contributed by atoms with van der Waals surface area (Å²) >= 11 is 0. The fourth-order valence-electron chi connectivity index (χ4n) is 8.21. The van der Waals surface area contributed by atoms with Crippen molar-refractivity contribution in [3.63, 3.8) is 0 Å². The summed E-state index contributed by atoms with van der Waals surface area (Å²) in [5.74, 6) is -0.0420. The second kappa shape index (κ2) is 14.3. The third-order valence-corrected chi connectivity index (χ3v) is 14.0. The molecule has 5 rings (SSSR count). The molecular weight excluding hydrogens is 631 g/mol. The van der Waals surface area contributed by atoms with Crippen LogP contribution in [0.25, 0.3) is 21.5 Å². The SMILES string of the molecule is CCC(C)(C)c1ccc2cc(C3CCCCC3(OP(O)O)c3cc4ccc(C(C)(C)CC)cc4cc3C(C)(C)CC)c(C(C)(C)CC)cc2c1. The normalized spacial score (nSPS) is 19.5. The molecule has 4 aromatic rings. The molecule has 0 saturated heterocycles. The molecule has 3 nitrogen and oxygen atoms in total. The van der Waals surface area contributed by atoms with Crippen molar-refractivity contribution >= 4 is 30.1 Å². The molecule has 1 aliphatic rings. The van der Waals surface area contributed by atoms with Gasteiger partial charge in [0.2, 0.25) is 0 Å². The number of benzene rings is 4. The van der Waals surface area contributed by atoms with Crippen LogP contribution in [0.2, 0.25) is 0 Å². The van der Waals surface area contributed by atoms with Gasteiger partial charge in [-0.1, -0.05) is 151 Å². The Kier molecular flexibility index (Phi) is 11.1. The van der Waals surface area contributed by atoms with Crippen molar-refractivity contribution in [2.75, 3.05) is 0 Å². The fourth-order valence-corrected chi connectivity index (χ4v) is 8.81. The smallest absolute Gasteiger partial charge is 0.327 e.